The maximum absolute atomic E-state index is 12.1. The number of rotatable bonds is 9. The Morgan fingerprint density at radius 2 is 1.85 bits per heavy atom. The van der Waals surface area contributed by atoms with Crippen molar-refractivity contribution in [2.24, 2.45) is 13.0 Å². The lowest BCUT2D eigenvalue weighted by atomic mass is 9.84. The summed E-state index contributed by atoms with van der Waals surface area (Å²) in [6.07, 6.45) is 11.9. The number of carboxylic acids is 1. The largest absolute Gasteiger partial charge is 0.490 e. The molecule has 2 aliphatic carbocycles. The number of carboxylic acid groups (broad SMARTS) is 1. The van der Waals surface area contributed by atoms with Gasteiger partial charge in [0.1, 0.15) is 17.4 Å². The van der Waals surface area contributed by atoms with Gasteiger partial charge >= 0.3 is 5.97 Å². The summed E-state index contributed by atoms with van der Waals surface area (Å²) in [7, 11) is 1.84. The molecule has 0 saturated heterocycles. The van der Waals surface area contributed by atoms with E-state index in [-0.39, 0.29) is 23.5 Å². The fourth-order valence-electron chi connectivity index (χ4n) is 6.20. The molecule has 2 aromatic carbocycles. The highest BCUT2D eigenvalue weighted by atomic mass is 16.5. The molecule has 0 aliphatic heterocycles. The quantitative estimate of drug-likeness (QED) is 0.273. The van der Waals surface area contributed by atoms with Crippen LogP contribution in [0.2, 0.25) is 0 Å². The number of aromatic carboxylic acids is 1. The van der Waals surface area contributed by atoms with Crippen LogP contribution in [0.15, 0.2) is 60.9 Å². The lowest BCUT2D eigenvalue weighted by Gasteiger charge is -2.30. The van der Waals surface area contributed by atoms with Crippen molar-refractivity contribution < 1.29 is 14.6 Å². The first-order valence-electron chi connectivity index (χ1n) is 14.1. The molecule has 3 atom stereocenters. The van der Waals surface area contributed by atoms with Crippen molar-refractivity contribution in [1.29, 1.82) is 0 Å². The van der Waals surface area contributed by atoms with Gasteiger partial charge in [0.15, 0.2) is 0 Å². The maximum Gasteiger partial charge on any atom is 0.339 e. The van der Waals surface area contributed by atoms with Crippen LogP contribution in [0.4, 0.5) is 0 Å². The van der Waals surface area contributed by atoms with E-state index in [0.29, 0.717) is 11.6 Å². The smallest absolute Gasteiger partial charge is 0.339 e. The van der Waals surface area contributed by atoms with E-state index in [4.69, 9.17) is 4.74 Å². The summed E-state index contributed by atoms with van der Waals surface area (Å²) in [6.45, 7) is 2.22. The molecule has 2 saturated carbocycles. The predicted molar refractivity (Wildman–Crippen MR) is 148 cm³/mol. The number of aryl methyl sites for hydroxylation is 1. The van der Waals surface area contributed by atoms with Gasteiger partial charge in [0.25, 0.3) is 0 Å². The average molecular weight is 526 g/mol. The molecule has 39 heavy (non-hydrogen) atoms. The Labute approximate surface area is 228 Å². The summed E-state index contributed by atoms with van der Waals surface area (Å²) in [6, 6.07) is 16.4. The van der Waals surface area contributed by atoms with Gasteiger partial charge in [0.05, 0.1) is 23.3 Å². The Hall–Kier alpha value is -3.94. The van der Waals surface area contributed by atoms with E-state index in [1.807, 2.05) is 37.5 Å². The molecule has 2 aliphatic rings. The van der Waals surface area contributed by atoms with Crippen molar-refractivity contribution in [3.63, 3.8) is 0 Å². The molecular weight excluding hydrogens is 490 g/mol. The minimum Gasteiger partial charge on any atom is -0.490 e. The van der Waals surface area contributed by atoms with E-state index in [1.54, 1.807) is 9.36 Å². The van der Waals surface area contributed by atoms with Gasteiger partial charge in [-0.05, 0) is 67.0 Å². The zero-order valence-electron chi connectivity index (χ0n) is 22.5. The third kappa shape index (κ3) is 5.20. The molecule has 6 rings (SSSR count). The van der Waals surface area contributed by atoms with Crippen LogP contribution in [0.25, 0.3) is 16.8 Å². The molecule has 8 nitrogen and oxygen atoms in total. The highest BCUT2D eigenvalue weighted by Crippen LogP contribution is 2.55. The number of nitrogens with zero attached hydrogens (tertiary/aromatic N) is 5. The lowest BCUT2D eigenvalue weighted by molar-refractivity contribution is 0.0695. The molecule has 2 fully saturated rings. The molecule has 0 radical (unpaired) electrons. The Kier molecular flexibility index (Phi) is 6.94. The summed E-state index contributed by atoms with van der Waals surface area (Å²) in [5.41, 5.74) is 4.76. The molecule has 0 amide bonds. The van der Waals surface area contributed by atoms with Crippen molar-refractivity contribution >= 4 is 5.97 Å². The molecule has 1 unspecified atom stereocenters. The number of aromatic nitrogens is 5. The fourth-order valence-corrected chi connectivity index (χ4v) is 6.20. The monoisotopic (exact) mass is 525 g/mol. The first-order chi connectivity index (χ1) is 19.0. The SMILES string of the molecule is CCC(Oc1cccc(-c2cccc(-n3ncc(C(=O)O)c3[C@H]3C[C@@H]3c3cn(C)nn3)c2)c1)C1CCCCC1. The normalized spacial score (nSPS) is 20.1. The van der Waals surface area contributed by atoms with E-state index >= 15 is 0 Å². The maximum atomic E-state index is 12.1. The fraction of sp³-hybridized carbons (Fsp3) is 0.419. The number of benzene rings is 2. The van der Waals surface area contributed by atoms with Gasteiger partial charge in [-0.2, -0.15) is 5.10 Å². The first kappa shape index (κ1) is 25.3. The average Bonchev–Trinajstić information content (AvgIpc) is 3.41. The molecule has 2 heterocycles. The zero-order chi connectivity index (χ0) is 26.9. The summed E-state index contributed by atoms with van der Waals surface area (Å²) in [4.78, 5) is 12.1. The molecule has 0 bridgehead atoms. The second-order valence-corrected chi connectivity index (χ2v) is 11.0. The summed E-state index contributed by atoms with van der Waals surface area (Å²) < 4.78 is 9.99. The summed E-state index contributed by atoms with van der Waals surface area (Å²) in [5, 5.41) is 22.7. The number of hydrogen-bond donors (Lipinski definition) is 1. The standard InChI is InChI=1S/C31H35N5O3/c1-3-29(20-9-5-4-6-10-20)39-24-14-8-12-22(16-24)21-11-7-13-23(15-21)36-30(27(18-32-36)31(37)38)26-17-25(26)28-19-35(2)34-33-28/h7-8,11-16,18-20,25-26,29H,3-6,9-10,17H2,1-2H3,(H,37,38)/t25-,26-,29?/m0/s1. The summed E-state index contributed by atoms with van der Waals surface area (Å²) in [5.74, 6) is 0.727. The highest BCUT2D eigenvalue weighted by molar-refractivity contribution is 5.89. The van der Waals surface area contributed by atoms with Crippen LogP contribution < -0.4 is 4.74 Å². The Morgan fingerprint density at radius 3 is 2.56 bits per heavy atom. The molecule has 202 valence electrons. The van der Waals surface area contributed by atoms with Crippen molar-refractivity contribution in [3.05, 3.63) is 77.9 Å². The van der Waals surface area contributed by atoms with Crippen molar-refractivity contribution in [2.75, 3.05) is 0 Å². The predicted octanol–water partition coefficient (Wildman–Crippen LogP) is 6.37. The lowest BCUT2D eigenvalue weighted by Crippen LogP contribution is -2.28. The topological polar surface area (TPSA) is 95.1 Å². The van der Waals surface area contributed by atoms with Gasteiger partial charge in [-0.15, -0.1) is 5.10 Å². The van der Waals surface area contributed by atoms with E-state index in [9.17, 15) is 9.90 Å². The molecule has 4 aromatic rings. The first-order valence-corrected chi connectivity index (χ1v) is 14.1. The molecule has 8 heteroatoms. The van der Waals surface area contributed by atoms with Crippen LogP contribution in [0.3, 0.4) is 0 Å². The van der Waals surface area contributed by atoms with E-state index < -0.39 is 5.97 Å². The van der Waals surface area contributed by atoms with Gasteiger partial charge in [-0.1, -0.05) is 55.7 Å². The Balaban J connectivity index is 1.28. The van der Waals surface area contributed by atoms with Crippen molar-refractivity contribution in [1.82, 2.24) is 24.8 Å². The molecule has 1 N–H and O–H groups in total. The zero-order valence-corrected chi connectivity index (χ0v) is 22.5. The number of hydrogen-bond acceptors (Lipinski definition) is 5. The second-order valence-electron chi connectivity index (χ2n) is 11.0. The van der Waals surface area contributed by atoms with Gasteiger partial charge in [0.2, 0.25) is 0 Å². The third-order valence-electron chi connectivity index (χ3n) is 8.30. The van der Waals surface area contributed by atoms with Gasteiger partial charge in [-0.25, -0.2) is 9.48 Å². The van der Waals surface area contributed by atoms with Crippen LogP contribution in [-0.4, -0.2) is 42.0 Å². The van der Waals surface area contributed by atoms with Crippen LogP contribution in [0.1, 0.15) is 85.5 Å². The number of ether oxygens (including phenoxy) is 1. The van der Waals surface area contributed by atoms with Crippen molar-refractivity contribution in [2.45, 2.75) is 69.8 Å². The van der Waals surface area contributed by atoms with Crippen LogP contribution in [0, 0.1) is 5.92 Å². The minimum atomic E-state index is -0.967. The highest BCUT2D eigenvalue weighted by Gasteiger charge is 2.46. The Bertz CT molecular complexity index is 1470. The van der Waals surface area contributed by atoms with Crippen LogP contribution in [-0.2, 0) is 7.05 Å². The Morgan fingerprint density at radius 1 is 1.08 bits per heavy atom. The minimum absolute atomic E-state index is 0.0291. The molecule has 0 spiro atoms. The van der Waals surface area contributed by atoms with Gasteiger partial charge < -0.3 is 9.84 Å². The van der Waals surface area contributed by atoms with Crippen molar-refractivity contribution in [3.8, 4) is 22.6 Å². The molecular formula is C31H35N5O3. The van der Waals surface area contributed by atoms with E-state index in [0.717, 1.165) is 41.1 Å². The van der Waals surface area contributed by atoms with Crippen LogP contribution >= 0.6 is 0 Å². The number of carbonyl (C=O) groups is 1. The third-order valence-corrected chi connectivity index (χ3v) is 8.30. The van der Waals surface area contributed by atoms with E-state index in [2.05, 4.69) is 46.6 Å². The summed E-state index contributed by atoms with van der Waals surface area (Å²) >= 11 is 0. The van der Waals surface area contributed by atoms with Gasteiger partial charge in [0, 0.05) is 25.1 Å². The van der Waals surface area contributed by atoms with E-state index in [1.165, 1.54) is 38.3 Å². The second kappa shape index (κ2) is 10.7. The van der Waals surface area contributed by atoms with Crippen LogP contribution in [0.5, 0.6) is 5.75 Å². The molecule has 2 aromatic heterocycles. The van der Waals surface area contributed by atoms with Gasteiger partial charge in [-0.3, -0.25) is 4.68 Å².